The third-order valence-electron chi connectivity index (χ3n) is 5.23. The van der Waals surface area contributed by atoms with Gasteiger partial charge in [-0.15, -0.1) is 0 Å². The molecule has 1 aromatic rings. The molecule has 2 heterocycles. The van der Waals surface area contributed by atoms with Crippen LogP contribution in [0.15, 0.2) is 24.3 Å². The molecule has 1 saturated heterocycles. The Hall–Kier alpha value is -1.63. The van der Waals surface area contributed by atoms with Crippen LogP contribution >= 0.6 is 0 Å². The standard InChI is InChI=1S/C19H28N2O4/c1-20(11-15-12-25-13-17(22)19(15)24)18(23)8-10-21-9-4-6-14-5-2-3-7-16(14)21/h2-3,5,7,15,17,19,22,24H,4,6,8-13H2,1H3/t15-,17-,19+/m1/s1. The summed E-state index contributed by atoms with van der Waals surface area (Å²) >= 11 is 0. The summed E-state index contributed by atoms with van der Waals surface area (Å²) in [6, 6.07) is 8.39. The van der Waals surface area contributed by atoms with Crippen molar-refractivity contribution in [3.05, 3.63) is 29.8 Å². The van der Waals surface area contributed by atoms with E-state index in [-0.39, 0.29) is 18.4 Å². The second-order valence-corrected chi connectivity index (χ2v) is 7.10. The SMILES string of the molecule is CN(C[C@@H]1COC[C@@H](O)[C@H]1O)C(=O)CCN1CCCc2ccccc21. The number of nitrogens with zero attached hydrogens (tertiary/aromatic N) is 2. The lowest BCUT2D eigenvalue weighted by molar-refractivity contribution is -0.140. The Morgan fingerprint density at radius 3 is 2.96 bits per heavy atom. The van der Waals surface area contributed by atoms with Gasteiger partial charge in [0.05, 0.1) is 19.3 Å². The lowest BCUT2D eigenvalue weighted by atomic mass is 9.96. The minimum absolute atomic E-state index is 0.0512. The van der Waals surface area contributed by atoms with E-state index in [1.807, 2.05) is 6.07 Å². The van der Waals surface area contributed by atoms with Crippen LogP contribution in [-0.2, 0) is 16.0 Å². The van der Waals surface area contributed by atoms with Crippen LogP contribution in [0.25, 0.3) is 0 Å². The third kappa shape index (κ3) is 4.32. The van der Waals surface area contributed by atoms with Crippen LogP contribution in [0.3, 0.4) is 0 Å². The van der Waals surface area contributed by atoms with Gasteiger partial charge >= 0.3 is 0 Å². The van der Waals surface area contributed by atoms with E-state index in [2.05, 4.69) is 23.1 Å². The average molecular weight is 348 g/mol. The molecular weight excluding hydrogens is 320 g/mol. The number of ether oxygens (including phenoxy) is 1. The van der Waals surface area contributed by atoms with E-state index < -0.39 is 12.2 Å². The molecule has 2 aliphatic rings. The summed E-state index contributed by atoms with van der Waals surface area (Å²) in [5.41, 5.74) is 2.59. The number of aliphatic hydroxyl groups excluding tert-OH is 2. The third-order valence-corrected chi connectivity index (χ3v) is 5.23. The number of carbonyl (C=O) groups is 1. The Morgan fingerprint density at radius 2 is 2.12 bits per heavy atom. The van der Waals surface area contributed by atoms with Crippen molar-refractivity contribution in [2.45, 2.75) is 31.5 Å². The fourth-order valence-electron chi connectivity index (χ4n) is 3.73. The summed E-state index contributed by atoms with van der Waals surface area (Å²) in [7, 11) is 1.75. The highest BCUT2D eigenvalue weighted by molar-refractivity contribution is 5.76. The minimum atomic E-state index is -0.868. The smallest absolute Gasteiger partial charge is 0.224 e. The molecule has 2 aliphatic heterocycles. The van der Waals surface area contributed by atoms with Gasteiger partial charge in [0.15, 0.2) is 0 Å². The predicted octanol–water partition coefficient (Wildman–Crippen LogP) is 0.656. The van der Waals surface area contributed by atoms with Crippen molar-refractivity contribution in [1.82, 2.24) is 4.90 Å². The van der Waals surface area contributed by atoms with Crippen molar-refractivity contribution in [1.29, 1.82) is 0 Å². The second-order valence-electron chi connectivity index (χ2n) is 7.10. The normalized spacial score (nSPS) is 26.2. The van der Waals surface area contributed by atoms with E-state index in [4.69, 9.17) is 4.74 Å². The lowest BCUT2D eigenvalue weighted by Gasteiger charge is -2.35. The van der Waals surface area contributed by atoms with Crippen LogP contribution in [0.2, 0.25) is 0 Å². The van der Waals surface area contributed by atoms with E-state index >= 15 is 0 Å². The first-order valence-corrected chi connectivity index (χ1v) is 9.07. The molecule has 1 fully saturated rings. The summed E-state index contributed by atoms with van der Waals surface area (Å²) < 4.78 is 5.28. The topological polar surface area (TPSA) is 73.2 Å². The summed E-state index contributed by atoms with van der Waals surface area (Å²) in [4.78, 5) is 16.4. The number of benzene rings is 1. The number of rotatable bonds is 5. The molecule has 6 nitrogen and oxygen atoms in total. The van der Waals surface area contributed by atoms with E-state index in [1.54, 1.807) is 11.9 Å². The van der Waals surface area contributed by atoms with Crippen LogP contribution in [0, 0.1) is 5.92 Å². The molecule has 3 atom stereocenters. The molecule has 1 amide bonds. The molecule has 0 aromatic heterocycles. The van der Waals surface area contributed by atoms with Gasteiger partial charge < -0.3 is 24.7 Å². The number of fused-ring (bicyclic) bond motifs is 1. The maximum atomic E-state index is 12.5. The quantitative estimate of drug-likeness (QED) is 0.818. The van der Waals surface area contributed by atoms with Gasteiger partial charge in [-0.2, -0.15) is 0 Å². The van der Waals surface area contributed by atoms with Crippen molar-refractivity contribution >= 4 is 11.6 Å². The predicted molar refractivity (Wildman–Crippen MR) is 95.6 cm³/mol. The Balaban J connectivity index is 1.51. The molecule has 25 heavy (non-hydrogen) atoms. The highest BCUT2D eigenvalue weighted by atomic mass is 16.5. The fraction of sp³-hybridized carbons (Fsp3) is 0.632. The molecule has 3 rings (SSSR count). The molecular formula is C19H28N2O4. The molecule has 0 radical (unpaired) electrons. The Morgan fingerprint density at radius 1 is 1.32 bits per heavy atom. The van der Waals surface area contributed by atoms with E-state index in [9.17, 15) is 15.0 Å². The molecule has 138 valence electrons. The fourth-order valence-corrected chi connectivity index (χ4v) is 3.73. The first-order valence-electron chi connectivity index (χ1n) is 9.07. The molecule has 1 aromatic carbocycles. The first-order chi connectivity index (χ1) is 12.1. The highest BCUT2D eigenvalue weighted by Gasteiger charge is 2.32. The molecule has 0 aliphatic carbocycles. The van der Waals surface area contributed by atoms with Crippen molar-refractivity contribution in [3.8, 4) is 0 Å². The number of anilines is 1. The van der Waals surface area contributed by atoms with Crippen LogP contribution in [-0.4, -0.2) is 73.1 Å². The maximum absolute atomic E-state index is 12.5. The summed E-state index contributed by atoms with van der Waals surface area (Å²) in [5, 5.41) is 19.7. The summed E-state index contributed by atoms with van der Waals surface area (Å²) in [5.74, 6) is -0.191. The minimum Gasteiger partial charge on any atom is -0.390 e. The van der Waals surface area contributed by atoms with Gasteiger partial charge in [0.25, 0.3) is 0 Å². The van der Waals surface area contributed by atoms with Gasteiger partial charge in [-0.3, -0.25) is 4.79 Å². The zero-order chi connectivity index (χ0) is 17.8. The Labute approximate surface area is 149 Å². The zero-order valence-electron chi connectivity index (χ0n) is 14.8. The van der Waals surface area contributed by atoms with E-state index in [0.717, 1.165) is 19.4 Å². The monoisotopic (exact) mass is 348 g/mol. The maximum Gasteiger partial charge on any atom is 0.224 e. The highest BCUT2D eigenvalue weighted by Crippen LogP contribution is 2.26. The number of para-hydroxylation sites is 1. The number of aryl methyl sites for hydroxylation is 1. The van der Waals surface area contributed by atoms with Gasteiger partial charge in [0.1, 0.15) is 6.10 Å². The molecule has 0 saturated carbocycles. The van der Waals surface area contributed by atoms with E-state index in [0.29, 0.717) is 26.1 Å². The molecule has 0 bridgehead atoms. The van der Waals surface area contributed by atoms with Gasteiger partial charge in [-0.25, -0.2) is 0 Å². The van der Waals surface area contributed by atoms with Crippen LogP contribution in [0.5, 0.6) is 0 Å². The lowest BCUT2D eigenvalue weighted by Crippen LogP contribution is -2.49. The molecule has 0 spiro atoms. The van der Waals surface area contributed by atoms with Crippen LogP contribution < -0.4 is 4.90 Å². The Bertz CT molecular complexity index is 595. The van der Waals surface area contributed by atoms with Gasteiger partial charge in [0, 0.05) is 44.7 Å². The van der Waals surface area contributed by atoms with Crippen LogP contribution in [0.4, 0.5) is 5.69 Å². The molecule has 6 heteroatoms. The number of amides is 1. The zero-order valence-corrected chi connectivity index (χ0v) is 14.8. The molecule has 0 unspecified atom stereocenters. The van der Waals surface area contributed by atoms with E-state index in [1.165, 1.54) is 11.3 Å². The first kappa shape index (κ1) is 18.2. The number of carbonyl (C=O) groups excluding carboxylic acids is 1. The van der Waals surface area contributed by atoms with Gasteiger partial charge in [0.2, 0.25) is 5.91 Å². The number of hydrogen-bond donors (Lipinski definition) is 2. The number of aliphatic hydroxyl groups is 2. The molecule has 2 N–H and O–H groups in total. The van der Waals surface area contributed by atoms with Gasteiger partial charge in [-0.05, 0) is 24.5 Å². The average Bonchev–Trinajstić information content (AvgIpc) is 2.63. The van der Waals surface area contributed by atoms with Crippen molar-refractivity contribution in [2.75, 3.05) is 44.8 Å². The van der Waals surface area contributed by atoms with Gasteiger partial charge in [-0.1, -0.05) is 18.2 Å². The Kier molecular flexibility index (Phi) is 5.93. The van der Waals surface area contributed by atoms with Crippen molar-refractivity contribution in [3.63, 3.8) is 0 Å². The second kappa shape index (κ2) is 8.17. The number of hydrogen-bond acceptors (Lipinski definition) is 5. The van der Waals surface area contributed by atoms with Crippen molar-refractivity contribution < 1.29 is 19.7 Å². The summed E-state index contributed by atoms with van der Waals surface area (Å²) in [6.45, 7) is 2.61. The van der Waals surface area contributed by atoms with Crippen molar-refractivity contribution in [2.24, 2.45) is 5.92 Å². The van der Waals surface area contributed by atoms with Crippen LogP contribution in [0.1, 0.15) is 18.4 Å². The largest absolute Gasteiger partial charge is 0.390 e. The summed E-state index contributed by atoms with van der Waals surface area (Å²) in [6.07, 6.45) is 0.953.